The van der Waals surface area contributed by atoms with Gasteiger partial charge in [-0.15, -0.1) is 11.8 Å². The molecule has 0 bridgehead atoms. The van der Waals surface area contributed by atoms with Gasteiger partial charge in [-0.3, -0.25) is 0 Å². The molecule has 0 unspecified atom stereocenters. The van der Waals surface area contributed by atoms with Crippen LogP contribution >= 0.6 is 11.8 Å². The minimum atomic E-state index is -0.0815. The van der Waals surface area contributed by atoms with E-state index in [1.54, 1.807) is 31.4 Å². The molecule has 0 radical (unpaired) electrons. The fraction of sp³-hybridized carbons (Fsp3) is 0.350. The van der Waals surface area contributed by atoms with Crippen molar-refractivity contribution in [1.29, 1.82) is 10.5 Å². The molecule has 3 N–H and O–H groups in total. The molecule has 2 rings (SSSR count). The van der Waals surface area contributed by atoms with Crippen molar-refractivity contribution in [2.75, 3.05) is 38.4 Å². The molecule has 0 spiro atoms. The van der Waals surface area contributed by atoms with Gasteiger partial charge in [-0.1, -0.05) is 26.0 Å². The number of nitrogens with zero attached hydrogens (tertiary/aromatic N) is 3. The third-order valence-electron chi connectivity index (χ3n) is 3.44. The Morgan fingerprint density at radius 2 is 1.75 bits per heavy atom. The summed E-state index contributed by atoms with van der Waals surface area (Å²) >= 11 is 1.35. The molecule has 2 aromatic rings. The summed E-state index contributed by atoms with van der Waals surface area (Å²) in [5, 5.41) is 28.4. The molecule has 8 heteroatoms. The van der Waals surface area contributed by atoms with Gasteiger partial charge in [-0.25, -0.2) is 4.98 Å². The molecule has 1 aromatic heterocycles. The lowest BCUT2D eigenvalue weighted by Crippen LogP contribution is -2.04. The summed E-state index contributed by atoms with van der Waals surface area (Å²) in [6, 6.07) is 11.1. The second-order valence-electron chi connectivity index (χ2n) is 5.09. The van der Waals surface area contributed by atoms with Crippen LogP contribution in [-0.2, 0) is 4.74 Å². The number of anilines is 1. The molecule has 7 nitrogen and oxygen atoms in total. The van der Waals surface area contributed by atoms with Crippen molar-refractivity contribution in [1.82, 2.24) is 4.98 Å². The predicted molar refractivity (Wildman–Crippen MR) is 110 cm³/mol. The van der Waals surface area contributed by atoms with Crippen LogP contribution in [0.3, 0.4) is 0 Å². The van der Waals surface area contributed by atoms with E-state index in [0.29, 0.717) is 39.8 Å². The Morgan fingerprint density at radius 1 is 1.11 bits per heavy atom. The van der Waals surface area contributed by atoms with Crippen LogP contribution in [0.4, 0.5) is 5.82 Å². The molecule has 0 amide bonds. The first-order valence-corrected chi connectivity index (χ1v) is 9.74. The number of aromatic nitrogens is 1. The van der Waals surface area contributed by atoms with Gasteiger partial charge in [0.2, 0.25) is 0 Å². The quantitative estimate of drug-likeness (QED) is 0.511. The number of thioether (sulfide) groups is 1. The number of benzene rings is 1. The first-order chi connectivity index (χ1) is 13.7. The molecular weight excluding hydrogens is 376 g/mol. The van der Waals surface area contributed by atoms with E-state index in [9.17, 15) is 10.5 Å². The van der Waals surface area contributed by atoms with E-state index in [4.69, 9.17) is 20.3 Å². The van der Waals surface area contributed by atoms with E-state index in [1.807, 2.05) is 19.9 Å². The van der Waals surface area contributed by atoms with Crippen molar-refractivity contribution in [3.63, 3.8) is 0 Å². The van der Waals surface area contributed by atoms with Crippen LogP contribution in [0.2, 0.25) is 0 Å². The van der Waals surface area contributed by atoms with Gasteiger partial charge in [-0.2, -0.15) is 10.5 Å². The number of nitriles is 2. The van der Waals surface area contributed by atoms with Crippen LogP contribution in [0, 0.1) is 22.7 Å². The summed E-state index contributed by atoms with van der Waals surface area (Å²) in [6.07, 6.45) is 0. The second kappa shape index (κ2) is 12.6. The topological polar surface area (TPSA) is 125 Å². The van der Waals surface area contributed by atoms with Gasteiger partial charge in [0.05, 0.1) is 18.8 Å². The summed E-state index contributed by atoms with van der Waals surface area (Å²) in [5.41, 5.74) is 7.55. The fourth-order valence-electron chi connectivity index (χ4n) is 2.29. The predicted octanol–water partition coefficient (Wildman–Crippen LogP) is 3.21. The summed E-state index contributed by atoms with van der Waals surface area (Å²) in [5.74, 6) is 1.27. The Kier molecular flexibility index (Phi) is 10.4. The van der Waals surface area contributed by atoms with Crippen LogP contribution in [0.25, 0.3) is 11.1 Å². The van der Waals surface area contributed by atoms with E-state index >= 15 is 0 Å². The number of aliphatic hydroxyl groups is 1. The molecule has 0 fully saturated rings. The number of ether oxygens (including phenoxy) is 2. The average molecular weight is 401 g/mol. The SMILES string of the molecule is CC.COCCSc1nc(N)c(C#N)c(-c2ccc(OCCO)cc2)c1C#N. The molecule has 1 heterocycles. The molecular formula is C20H24N4O3S. The Morgan fingerprint density at radius 3 is 2.29 bits per heavy atom. The van der Waals surface area contributed by atoms with Crippen molar-refractivity contribution < 1.29 is 14.6 Å². The van der Waals surface area contributed by atoms with Crippen LogP contribution < -0.4 is 10.5 Å². The van der Waals surface area contributed by atoms with E-state index in [-0.39, 0.29) is 24.6 Å². The maximum Gasteiger partial charge on any atom is 0.143 e. The Bertz CT molecular complexity index is 843. The first-order valence-electron chi connectivity index (χ1n) is 8.75. The summed E-state index contributed by atoms with van der Waals surface area (Å²) in [4.78, 5) is 4.22. The smallest absolute Gasteiger partial charge is 0.143 e. The van der Waals surface area contributed by atoms with Crippen molar-refractivity contribution in [3.8, 4) is 29.0 Å². The molecule has 1 aromatic carbocycles. The zero-order valence-electron chi connectivity index (χ0n) is 16.2. The van der Waals surface area contributed by atoms with E-state index < -0.39 is 0 Å². The molecule has 0 saturated heterocycles. The lowest BCUT2D eigenvalue weighted by atomic mass is 9.97. The van der Waals surface area contributed by atoms with Crippen molar-refractivity contribution in [2.45, 2.75) is 18.9 Å². The Labute approximate surface area is 169 Å². The van der Waals surface area contributed by atoms with Crippen molar-refractivity contribution in [3.05, 3.63) is 35.4 Å². The number of methoxy groups -OCH3 is 1. The normalized spacial score (nSPS) is 9.64. The monoisotopic (exact) mass is 400 g/mol. The molecule has 28 heavy (non-hydrogen) atoms. The number of nitrogen functional groups attached to an aromatic ring is 1. The Hall–Kier alpha value is -2.78. The largest absolute Gasteiger partial charge is 0.491 e. The van der Waals surface area contributed by atoms with Crippen molar-refractivity contribution in [2.24, 2.45) is 0 Å². The third kappa shape index (κ3) is 5.86. The van der Waals surface area contributed by atoms with Crippen molar-refractivity contribution >= 4 is 17.6 Å². The number of aliphatic hydroxyl groups excluding tert-OH is 1. The van der Waals surface area contributed by atoms with Gasteiger partial charge in [0, 0.05) is 18.4 Å². The van der Waals surface area contributed by atoms with Gasteiger partial charge in [0.25, 0.3) is 0 Å². The standard InChI is InChI=1S/C18H18N4O3S.C2H6/c1-24-8-9-26-18-15(11-20)16(14(10-19)17(21)22-18)12-2-4-13(5-3-12)25-7-6-23;1-2/h2-5,23H,6-9H2,1H3,(H2,21,22);1-2H3. The highest BCUT2D eigenvalue weighted by molar-refractivity contribution is 7.99. The number of hydrogen-bond acceptors (Lipinski definition) is 8. The highest BCUT2D eigenvalue weighted by atomic mass is 32.2. The minimum Gasteiger partial charge on any atom is -0.491 e. The number of hydrogen-bond donors (Lipinski definition) is 2. The molecule has 148 valence electrons. The maximum absolute atomic E-state index is 9.66. The van der Waals surface area contributed by atoms with E-state index in [2.05, 4.69) is 11.1 Å². The van der Waals surface area contributed by atoms with Gasteiger partial charge in [0.1, 0.15) is 40.9 Å². The van der Waals surface area contributed by atoms with Crippen LogP contribution in [0.15, 0.2) is 29.3 Å². The summed E-state index contributed by atoms with van der Waals surface area (Å²) in [6.45, 7) is 4.61. The van der Waals surface area contributed by atoms with Gasteiger partial charge < -0.3 is 20.3 Å². The fourth-order valence-corrected chi connectivity index (χ4v) is 3.19. The zero-order valence-corrected chi connectivity index (χ0v) is 17.0. The van der Waals surface area contributed by atoms with Crippen LogP contribution in [-0.4, -0.2) is 42.8 Å². The maximum atomic E-state index is 9.66. The number of rotatable bonds is 8. The molecule has 0 atom stereocenters. The highest BCUT2D eigenvalue weighted by Gasteiger charge is 2.20. The van der Waals surface area contributed by atoms with Crippen LogP contribution in [0.1, 0.15) is 25.0 Å². The molecule has 0 aliphatic heterocycles. The average Bonchev–Trinajstić information content (AvgIpc) is 2.74. The minimum absolute atomic E-state index is 0.0815. The van der Waals surface area contributed by atoms with Gasteiger partial charge in [-0.05, 0) is 17.7 Å². The molecule has 0 saturated carbocycles. The first kappa shape index (κ1) is 23.3. The summed E-state index contributed by atoms with van der Waals surface area (Å²) < 4.78 is 10.4. The number of nitrogens with two attached hydrogens (primary N) is 1. The Balaban J connectivity index is 0.00000190. The third-order valence-corrected chi connectivity index (χ3v) is 4.38. The lowest BCUT2D eigenvalue weighted by molar-refractivity contribution is 0.201. The second-order valence-corrected chi connectivity index (χ2v) is 6.17. The van der Waals surface area contributed by atoms with E-state index in [1.165, 1.54) is 11.8 Å². The zero-order chi connectivity index (χ0) is 20.9. The lowest BCUT2D eigenvalue weighted by Gasteiger charge is -2.13. The molecule has 0 aliphatic carbocycles. The highest BCUT2D eigenvalue weighted by Crippen LogP contribution is 2.36. The van der Waals surface area contributed by atoms with Crippen LogP contribution in [0.5, 0.6) is 5.75 Å². The summed E-state index contributed by atoms with van der Waals surface area (Å²) in [7, 11) is 1.60. The molecule has 0 aliphatic rings. The van der Waals surface area contributed by atoms with Gasteiger partial charge >= 0.3 is 0 Å². The number of pyridine rings is 1. The van der Waals surface area contributed by atoms with Gasteiger partial charge in [0.15, 0.2) is 0 Å². The van der Waals surface area contributed by atoms with E-state index in [0.717, 1.165) is 0 Å².